The summed E-state index contributed by atoms with van der Waals surface area (Å²) in [6, 6.07) is 1.82. The van der Waals surface area contributed by atoms with Gasteiger partial charge in [-0.1, -0.05) is 0 Å². The topological polar surface area (TPSA) is 76.0 Å². The van der Waals surface area contributed by atoms with Crippen molar-refractivity contribution in [3.05, 3.63) is 23.4 Å². The fourth-order valence-electron chi connectivity index (χ4n) is 3.23. The minimum Gasteiger partial charge on any atom is -0.494 e. The number of fused-ring (bicyclic) bond motifs is 1. The van der Waals surface area contributed by atoms with Crippen molar-refractivity contribution in [3.8, 4) is 11.5 Å². The molecule has 1 atom stereocenters. The summed E-state index contributed by atoms with van der Waals surface area (Å²) in [5, 5.41) is 0.665. The maximum atomic E-state index is 12.7. The number of benzene rings is 1. The Morgan fingerprint density at radius 2 is 1.78 bits per heavy atom. The van der Waals surface area contributed by atoms with Crippen molar-refractivity contribution >= 4 is 31.2 Å². The second kappa shape index (κ2) is 7.73. The second-order valence-electron chi connectivity index (χ2n) is 7.30. The summed E-state index contributed by atoms with van der Waals surface area (Å²) in [6.07, 6.45) is 1.31. The molecule has 0 N–H and O–H groups in total. The summed E-state index contributed by atoms with van der Waals surface area (Å²) < 4.78 is 24.2. The van der Waals surface area contributed by atoms with Crippen LogP contribution in [0.15, 0.2) is 12.3 Å². The Labute approximate surface area is 160 Å². The summed E-state index contributed by atoms with van der Waals surface area (Å²) in [5.41, 5.74) is 1.30. The maximum absolute atomic E-state index is 12.7. The van der Waals surface area contributed by atoms with Gasteiger partial charge in [0.2, 0.25) is 0 Å². The fraction of sp³-hybridized carbons (Fsp3) is 0.474. The average molecular weight is 394 g/mol. The normalized spacial score (nSPS) is 12.7. The zero-order valence-corrected chi connectivity index (χ0v) is 18.1. The number of carbonyl (C=O) groups excluding carboxylic acids is 2. The van der Waals surface area contributed by atoms with Crippen molar-refractivity contribution in [2.45, 2.75) is 39.6 Å². The van der Waals surface area contributed by atoms with Crippen LogP contribution in [-0.4, -0.2) is 39.0 Å². The number of methoxy groups -OCH3 is 2. The van der Waals surface area contributed by atoms with Gasteiger partial charge in [-0.2, -0.15) is 0 Å². The number of aryl methyl sites for hydroxylation is 1. The molecule has 0 radical (unpaired) electrons. The van der Waals surface area contributed by atoms with Crippen LogP contribution in [0.2, 0.25) is 19.6 Å². The number of rotatable bonds is 6. The molecule has 2 rings (SSSR count). The van der Waals surface area contributed by atoms with Gasteiger partial charge in [-0.25, -0.2) is 4.79 Å². The van der Waals surface area contributed by atoms with E-state index in [0.29, 0.717) is 28.0 Å². The monoisotopic (exact) mass is 393 g/mol. The minimum atomic E-state index is -1.96. The molecule has 1 heterocycles. The Balaban J connectivity index is 2.97. The summed E-state index contributed by atoms with van der Waals surface area (Å²) in [7, 11) is 2.66. The van der Waals surface area contributed by atoms with E-state index in [1.165, 1.54) is 21.1 Å². The summed E-state index contributed by atoms with van der Waals surface area (Å²) in [6.45, 7) is 9.30. The van der Waals surface area contributed by atoms with E-state index in [9.17, 15) is 9.59 Å². The van der Waals surface area contributed by atoms with Crippen LogP contribution in [0, 0.1) is 0 Å². The smallest absolute Gasteiger partial charge is 0.342 e. The van der Waals surface area contributed by atoms with Gasteiger partial charge >= 0.3 is 11.9 Å². The predicted molar refractivity (Wildman–Crippen MR) is 105 cm³/mol. The Bertz CT molecular complexity index is 881. The summed E-state index contributed by atoms with van der Waals surface area (Å²) >= 11 is 0. The SMILES string of the molecule is COC(=O)c1c(C(C)O[Si](C)(C)C)c(OC(C)=O)c2ccn(C)c2c1OC. The third-order valence-corrected chi connectivity index (χ3v) is 5.11. The molecular formula is C19H27NO6Si. The lowest BCUT2D eigenvalue weighted by Crippen LogP contribution is -2.28. The van der Waals surface area contributed by atoms with Crippen LogP contribution in [0.3, 0.4) is 0 Å². The molecule has 27 heavy (non-hydrogen) atoms. The predicted octanol–water partition coefficient (Wildman–Crippen LogP) is 3.81. The van der Waals surface area contributed by atoms with Crippen LogP contribution < -0.4 is 9.47 Å². The van der Waals surface area contributed by atoms with Gasteiger partial charge < -0.3 is 23.2 Å². The van der Waals surface area contributed by atoms with Crippen LogP contribution in [-0.2, 0) is 21.0 Å². The molecule has 0 bridgehead atoms. The third kappa shape index (κ3) is 4.17. The highest BCUT2D eigenvalue weighted by Crippen LogP contribution is 2.45. The second-order valence-corrected chi connectivity index (χ2v) is 11.8. The first kappa shape index (κ1) is 21.0. The number of hydrogen-bond acceptors (Lipinski definition) is 6. The largest absolute Gasteiger partial charge is 0.494 e. The highest BCUT2D eigenvalue weighted by atomic mass is 28.4. The van der Waals surface area contributed by atoms with Crippen molar-refractivity contribution in [2.75, 3.05) is 14.2 Å². The molecular weight excluding hydrogens is 366 g/mol. The van der Waals surface area contributed by atoms with Crippen LogP contribution in [0.25, 0.3) is 10.9 Å². The van der Waals surface area contributed by atoms with E-state index >= 15 is 0 Å². The Morgan fingerprint density at radius 1 is 1.15 bits per heavy atom. The lowest BCUT2D eigenvalue weighted by molar-refractivity contribution is -0.131. The maximum Gasteiger partial charge on any atom is 0.342 e. The highest BCUT2D eigenvalue weighted by Gasteiger charge is 2.33. The zero-order chi connectivity index (χ0) is 20.5. The summed E-state index contributed by atoms with van der Waals surface area (Å²) in [5.74, 6) is -0.404. The quantitative estimate of drug-likeness (QED) is 0.422. The molecule has 0 amide bonds. The van der Waals surface area contributed by atoms with Gasteiger partial charge in [0, 0.05) is 31.1 Å². The van der Waals surface area contributed by atoms with E-state index in [-0.39, 0.29) is 5.56 Å². The van der Waals surface area contributed by atoms with Crippen LogP contribution in [0.1, 0.15) is 35.9 Å². The van der Waals surface area contributed by atoms with Crippen LogP contribution in [0.4, 0.5) is 0 Å². The number of aromatic nitrogens is 1. The molecule has 8 heteroatoms. The van der Waals surface area contributed by atoms with Gasteiger partial charge in [-0.05, 0) is 32.6 Å². The van der Waals surface area contributed by atoms with Gasteiger partial charge in [0.15, 0.2) is 14.1 Å². The van der Waals surface area contributed by atoms with Gasteiger partial charge in [-0.15, -0.1) is 0 Å². The molecule has 1 unspecified atom stereocenters. The van der Waals surface area contributed by atoms with Gasteiger partial charge in [0.25, 0.3) is 0 Å². The van der Waals surface area contributed by atoms with Crippen molar-refractivity contribution < 1.29 is 28.2 Å². The van der Waals surface area contributed by atoms with E-state index in [2.05, 4.69) is 0 Å². The van der Waals surface area contributed by atoms with Gasteiger partial charge in [0.05, 0.1) is 25.8 Å². The lowest BCUT2D eigenvalue weighted by Gasteiger charge is -2.27. The first-order chi connectivity index (χ1) is 12.5. The number of carbonyl (C=O) groups is 2. The van der Waals surface area contributed by atoms with Crippen molar-refractivity contribution in [1.29, 1.82) is 0 Å². The minimum absolute atomic E-state index is 0.205. The molecule has 0 spiro atoms. The van der Waals surface area contributed by atoms with Crippen molar-refractivity contribution in [1.82, 2.24) is 4.57 Å². The molecule has 0 aliphatic rings. The number of ether oxygens (including phenoxy) is 3. The lowest BCUT2D eigenvalue weighted by atomic mass is 9.97. The van der Waals surface area contributed by atoms with E-state index in [0.717, 1.165) is 0 Å². The van der Waals surface area contributed by atoms with Crippen LogP contribution in [0.5, 0.6) is 11.5 Å². The number of hydrogen-bond donors (Lipinski definition) is 0. The Kier molecular flexibility index (Phi) is 6.01. The molecule has 0 aliphatic carbocycles. The Hall–Kier alpha value is -2.32. The first-order valence-electron chi connectivity index (χ1n) is 8.65. The molecule has 1 aromatic heterocycles. The standard InChI is InChI=1S/C19H27NO6Si/c1-11(26-27(6,7)8)14-15(19(22)24-5)18(23-4)16-13(9-10-20(16)3)17(14)25-12(2)21/h9-11H,1-8H3. The molecule has 7 nitrogen and oxygen atoms in total. The zero-order valence-electron chi connectivity index (χ0n) is 17.1. The fourth-order valence-corrected chi connectivity index (χ4v) is 4.41. The number of esters is 2. The van der Waals surface area contributed by atoms with Gasteiger partial charge in [0.1, 0.15) is 11.3 Å². The van der Waals surface area contributed by atoms with Crippen molar-refractivity contribution in [3.63, 3.8) is 0 Å². The molecule has 0 saturated carbocycles. The molecule has 148 valence electrons. The molecule has 0 aliphatic heterocycles. The van der Waals surface area contributed by atoms with E-state index in [1.807, 2.05) is 45.9 Å². The first-order valence-corrected chi connectivity index (χ1v) is 12.1. The molecule has 2 aromatic rings. The van der Waals surface area contributed by atoms with E-state index < -0.39 is 26.4 Å². The molecule has 0 saturated heterocycles. The molecule has 0 fully saturated rings. The highest BCUT2D eigenvalue weighted by molar-refractivity contribution is 6.69. The van der Waals surface area contributed by atoms with Crippen molar-refractivity contribution in [2.24, 2.45) is 7.05 Å². The van der Waals surface area contributed by atoms with E-state index in [1.54, 1.807) is 4.57 Å². The third-order valence-electron chi connectivity index (χ3n) is 4.05. The van der Waals surface area contributed by atoms with Gasteiger partial charge in [-0.3, -0.25) is 4.79 Å². The average Bonchev–Trinajstić information content (AvgIpc) is 2.93. The summed E-state index contributed by atoms with van der Waals surface area (Å²) in [4.78, 5) is 24.5. The Morgan fingerprint density at radius 3 is 2.26 bits per heavy atom. The molecule has 1 aromatic carbocycles. The van der Waals surface area contributed by atoms with E-state index in [4.69, 9.17) is 18.6 Å². The number of nitrogens with zero attached hydrogens (tertiary/aromatic N) is 1. The van der Waals surface area contributed by atoms with Crippen LogP contribution >= 0.6 is 0 Å².